The number of carbonyl (C=O) groups excluding carboxylic acids is 1. The van der Waals surface area contributed by atoms with Gasteiger partial charge in [-0.1, -0.05) is 0 Å². The molecule has 1 aliphatic rings. The Hall–Kier alpha value is -1.67. The van der Waals surface area contributed by atoms with Crippen molar-refractivity contribution in [3.63, 3.8) is 0 Å². The Morgan fingerprint density at radius 1 is 1.14 bits per heavy atom. The van der Waals surface area contributed by atoms with Crippen LogP contribution in [0.25, 0.3) is 0 Å². The van der Waals surface area contributed by atoms with Crippen LogP contribution in [0.5, 0.6) is 0 Å². The molecule has 1 aromatic rings. The highest BCUT2D eigenvalue weighted by molar-refractivity contribution is 7.61. The van der Waals surface area contributed by atoms with Crippen molar-refractivity contribution in [1.82, 2.24) is 9.55 Å². The standard InChI is InChI=1S/C15H24N2O17P2/c18-3-6(20)10(22)11(23)7(4-19)33-36(30,34-35(27,28)29)31-5-8-12(24)13(25)14(32-8)17-2-1-9(21)16-15(17)26/h1-3,6-8,10-14,19-20,22-25H,4-5H2,(H,16,21,26)(H2,27,28,29)/t6-,7-,8-,10-,11-,12-,13-,14-,36?/m1/s1. The largest absolute Gasteiger partial charge is 0.484 e. The van der Waals surface area contributed by atoms with Gasteiger partial charge in [0.25, 0.3) is 5.56 Å². The van der Waals surface area contributed by atoms with Crippen LogP contribution < -0.4 is 11.2 Å². The van der Waals surface area contributed by atoms with E-state index in [2.05, 4.69) is 8.83 Å². The molecule has 0 amide bonds. The van der Waals surface area contributed by atoms with Gasteiger partial charge in [-0.05, 0) is 0 Å². The topological polar surface area (TPSA) is 305 Å². The van der Waals surface area contributed by atoms with Crippen molar-refractivity contribution in [1.29, 1.82) is 0 Å². The summed E-state index contributed by atoms with van der Waals surface area (Å²) in [5.74, 6) is 0. The van der Waals surface area contributed by atoms with Crippen LogP contribution in [-0.4, -0.2) is 112 Å². The van der Waals surface area contributed by atoms with Crippen LogP contribution in [0.4, 0.5) is 0 Å². The lowest BCUT2D eigenvalue weighted by molar-refractivity contribution is -0.135. The SMILES string of the molecule is O=C[C@@H](O)[C@@H](O)[C@H](O)[C@@H](CO)OP(=O)(OC[C@H]1O[C@@H](n2ccc(=O)[nH]c2=O)[C@H](O)[C@@H]1O)OP(=O)(O)O. The van der Waals surface area contributed by atoms with Crippen molar-refractivity contribution in [2.45, 2.75) is 49.0 Å². The monoisotopic (exact) mass is 566 g/mol. The normalized spacial score (nSPS) is 27.7. The number of aliphatic hydroxyl groups is 6. The number of aromatic amines is 1. The van der Waals surface area contributed by atoms with Crippen LogP contribution in [0.3, 0.4) is 0 Å². The van der Waals surface area contributed by atoms with Crippen molar-refractivity contribution < 1.29 is 72.4 Å². The molecule has 0 spiro atoms. The van der Waals surface area contributed by atoms with E-state index in [0.29, 0.717) is 4.57 Å². The van der Waals surface area contributed by atoms with Gasteiger partial charge in [0, 0.05) is 12.3 Å². The fourth-order valence-corrected chi connectivity index (χ4v) is 5.26. The van der Waals surface area contributed by atoms with E-state index in [4.69, 9.17) is 19.0 Å². The van der Waals surface area contributed by atoms with E-state index in [1.165, 1.54) is 0 Å². The Kier molecular flexibility index (Phi) is 10.4. The van der Waals surface area contributed by atoms with E-state index >= 15 is 0 Å². The fraction of sp³-hybridized carbons (Fsp3) is 0.667. The lowest BCUT2D eigenvalue weighted by Gasteiger charge is -2.29. The molecule has 0 saturated carbocycles. The summed E-state index contributed by atoms with van der Waals surface area (Å²) in [6.07, 6.45) is -15.3. The molecule has 0 bridgehead atoms. The highest BCUT2D eigenvalue weighted by Crippen LogP contribution is 2.62. The third-order valence-electron chi connectivity index (χ3n) is 4.73. The Morgan fingerprint density at radius 2 is 1.78 bits per heavy atom. The number of nitrogens with zero attached hydrogens (tertiary/aromatic N) is 1. The first-order valence-electron chi connectivity index (χ1n) is 9.75. The Bertz CT molecular complexity index is 1100. The lowest BCUT2D eigenvalue weighted by atomic mass is 10.0. The number of phosphoric ester groups is 1. The summed E-state index contributed by atoms with van der Waals surface area (Å²) >= 11 is 0. The van der Waals surface area contributed by atoms with Crippen LogP contribution in [0, 0.1) is 0 Å². The number of carbonyl (C=O) groups is 1. The average molecular weight is 566 g/mol. The van der Waals surface area contributed by atoms with Crippen molar-refractivity contribution in [2.24, 2.45) is 0 Å². The first-order chi connectivity index (χ1) is 16.6. The fourth-order valence-electron chi connectivity index (χ4n) is 2.96. The van der Waals surface area contributed by atoms with Gasteiger partial charge >= 0.3 is 21.3 Å². The minimum Gasteiger partial charge on any atom is -0.394 e. The summed E-state index contributed by atoms with van der Waals surface area (Å²) in [5, 5.41) is 58.7. The molecule has 9 atom stereocenters. The zero-order chi connectivity index (χ0) is 27.4. The van der Waals surface area contributed by atoms with Gasteiger partial charge in [-0.15, -0.1) is 0 Å². The smallest absolute Gasteiger partial charge is 0.394 e. The summed E-state index contributed by atoms with van der Waals surface area (Å²) in [6, 6.07) is 0.903. The molecule has 2 rings (SSSR count). The number of ether oxygens (including phenoxy) is 1. The number of aliphatic hydroxyl groups excluding tert-OH is 6. The van der Waals surface area contributed by atoms with E-state index in [1.807, 2.05) is 4.98 Å². The van der Waals surface area contributed by atoms with Crippen LogP contribution in [0.1, 0.15) is 6.23 Å². The lowest BCUT2D eigenvalue weighted by Crippen LogP contribution is -2.47. The minimum atomic E-state index is -5.67. The minimum absolute atomic E-state index is 0.196. The van der Waals surface area contributed by atoms with Crippen LogP contribution in [-0.2, 0) is 32.0 Å². The molecule has 0 aliphatic carbocycles. The van der Waals surface area contributed by atoms with Crippen molar-refractivity contribution >= 4 is 21.9 Å². The number of hydrogen-bond acceptors (Lipinski definition) is 15. The van der Waals surface area contributed by atoms with E-state index in [1.54, 1.807) is 0 Å². The first kappa shape index (κ1) is 30.6. The van der Waals surface area contributed by atoms with Gasteiger partial charge in [-0.3, -0.25) is 23.4 Å². The number of aromatic nitrogens is 2. The molecule has 0 aromatic carbocycles. The number of phosphoric acid groups is 2. The molecular formula is C15H24N2O17P2. The highest BCUT2D eigenvalue weighted by Gasteiger charge is 2.47. The zero-order valence-corrected chi connectivity index (χ0v) is 19.6. The van der Waals surface area contributed by atoms with Crippen molar-refractivity contribution in [2.75, 3.05) is 13.2 Å². The van der Waals surface area contributed by atoms with Crippen LogP contribution in [0.15, 0.2) is 21.9 Å². The summed E-state index contributed by atoms with van der Waals surface area (Å²) in [4.78, 5) is 53.7. The maximum atomic E-state index is 12.9. The molecule has 2 heterocycles. The quantitative estimate of drug-likeness (QED) is 0.0797. The van der Waals surface area contributed by atoms with Crippen molar-refractivity contribution in [3.8, 4) is 0 Å². The van der Waals surface area contributed by atoms with Crippen molar-refractivity contribution in [3.05, 3.63) is 33.1 Å². The third kappa shape index (κ3) is 7.67. The van der Waals surface area contributed by atoms with Crippen LogP contribution >= 0.6 is 15.6 Å². The molecule has 1 aliphatic heterocycles. The highest BCUT2D eigenvalue weighted by atomic mass is 31.3. The van der Waals surface area contributed by atoms with E-state index in [9.17, 15) is 54.2 Å². The Balaban J connectivity index is 2.22. The van der Waals surface area contributed by atoms with E-state index < -0.39 is 89.1 Å². The van der Waals surface area contributed by atoms with Gasteiger partial charge in [0.1, 0.15) is 42.7 Å². The summed E-state index contributed by atoms with van der Waals surface area (Å²) in [5.41, 5.74) is -1.81. The second-order valence-electron chi connectivity index (χ2n) is 7.31. The molecule has 206 valence electrons. The van der Waals surface area contributed by atoms with Gasteiger partial charge in [0.2, 0.25) is 0 Å². The van der Waals surface area contributed by atoms with E-state index in [-0.39, 0.29) is 6.29 Å². The predicted octanol–water partition coefficient (Wildman–Crippen LogP) is -4.95. The number of aldehydes is 1. The summed E-state index contributed by atoms with van der Waals surface area (Å²) < 4.78 is 43.5. The molecule has 1 unspecified atom stereocenters. The average Bonchev–Trinajstić information content (AvgIpc) is 3.07. The van der Waals surface area contributed by atoms with Gasteiger partial charge in [-0.2, -0.15) is 4.31 Å². The molecule has 1 fully saturated rings. The van der Waals surface area contributed by atoms with Gasteiger partial charge in [0.05, 0.1) is 13.2 Å². The molecule has 0 radical (unpaired) electrons. The zero-order valence-electron chi connectivity index (χ0n) is 17.9. The summed E-state index contributed by atoms with van der Waals surface area (Å²) in [6.45, 7) is -2.40. The Morgan fingerprint density at radius 3 is 2.31 bits per heavy atom. The second kappa shape index (κ2) is 12.2. The molecule has 19 nitrogen and oxygen atoms in total. The summed E-state index contributed by atoms with van der Waals surface area (Å²) in [7, 11) is -11.2. The maximum absolute atomic E-state index is 12.9. The number of H-pyrrole nitrogens is 1. The predicted molar refractivity (Wildman–Crippen MR) is 110 cm³/mol. The molecule has 1 aromatic heterocycles. The van der Waals surface area contributed by atoms with Gasteiger partial charge in [-0.25, -0.2) is 13.9 Å². The first-order valence-corrected chi connectivity index (χ1v) is 12.7. The van der Waals surface area contributed by atoms with Crippen LogP contribution in [0.2, 0.25) is 0 Å². The number of rotatable bonds is 13. The van der Waals surface area contributed by atoms with E-state index in [0.717, 1.165) is 12.3 Å². The molecular weight excluding hydrogens is 542 g/mol. The number of nitrogens with one attached hydrogen (secondary N) is 1. The maximum Gasteiger partial charge on any atom is 0.484 e. The number of hydrogen-bond donors (Lipinski definition) is 9. The molecule has 1 saturated heterocycles. The third-order valence-corrected chi connectivity index (χ3v) is 7.38. The molecule has 36 heavy (non-hydrogen) atoms. The molecule has 21 heteroatoms. The second-order valence-corrected chi connectivity index (χ2v) is 10.3. The van der Waals surface area contributed by atoms with Gasteiger partial charge in [0.15, 0.2) is 12.5 Å². The molecule has 9 N–H and O–H groups in total. The Labute approximate surface area is 199 Å². The van der Waals surface area contributed by atoms with Gasteiger partial charge < -0.3 is 50.0 Å².